The number of anilines is 1. The van der Waals surface area contributed by atoms with E-state index in [2.05, 4.69) is 5.32 Å². The van der Waals surface area contributed by atoms with Crippen LogP contribution < -0.4 is 5.32 Å². The second-order valence-corrected chi connectivity index (χ2v) is 6.57. The molecule has 0 bridgehead atoms. The van der Waals surface area contributed by atoms with Crippen LogP contribution in [-0.4, -0.2) is 52.5 Å². The first-order valence-electron chi connectivity index (χ1n) is 8.26. The van der Waals surface area contributed by atoms with E-state index in [4.69, 9.17) is 11.6 Å². The van der Waals surface area contributed by atoms with Crippen molar-refractivity contribution in [2.45, 2.75) is 6.42 Å². The Bertz CT molecular complexity index is 757. The summed E-state index contributed by atoms with van der Waals surface area (Å²) in [5, 5.41) is 3.49. The summed E-state index contributed by atoms with van der Waals surface area (Å²) in [6, 6.07) is 8.67. The summed E-state index contributed by atoms with van der Waals surface area (Å²) < 4.78 is 1.86. The van der Waals surface area contributed by atoms with Gasteiger partial charge in [0.2, 0.25) is 0 Å². The molecule has 2 heterocycles. The number of rotatable bonds is 2. The molecule has 6 nitrogen and oxygen atoms in total. The van der Waals surface area contributed by atoms with Crippen molar-refractivity contribution in [2.75, 3.05) is 31.5 Å². The molecule has 1 aromatic heterocycles. The highest BCUT2D eigenvalue weighted by Crippen LogP contribution is 2.15. The van der Waals surface area contributed by atoms with Gasteiger partial charge in [0.05, 0.1) is 5.56 Å². The van der Waals surface area contributed by atoms with Gasteiger partial charge in [-0.05, 0) is 36.8 Å². The molecule has 0 aliphatic carbocycles. The predicted octanol–water partition coefficient (Wildman–Crippen LogP) is 3.06. The van der Waals surface area contributed by atoms with Crippen molar-refractivity contribution < 1.29 is 9.59 Å². The van der Waals surface area contributed by atoms with Crippen molar-refractivity contribution in [3.05, 3.63) is 53.3 Å². The van der Waals surface area contributed by atoms with Gasteiger partial charge in [0.25, 0.3) is 5.91 Å². The van der Waals surface area contributed by atoms with E-state index in [1.165, 1.54) is 0 Å². The van der Waals surface area contributed by atoms with Gasteiger partial charge in [0, 0.05) is 56.3 Å². The standard InChI is InChI=1S/C18H21ClN4O2/c1-21-10-7-14(13-21)17(24)22-8-2-9-23(12-11-22)18(25)20-16-5-3-15(19)4-6-16/h3-7,10,13H,2,8-9,11-12H2,1H3,(H,20,25). The Morgan fingerprint density at radius 2 is 1.68 bits per heavy atom. The number of carbonyl (C=O) groups is 2. The van der Waals surface area contributed by atoms with E-state index >= 15 is 0 Å². The number of urea groups is 1. The monoisotopic (exact) mass is 360 g/mol. The molecule has 0 radical (unpaired) electrons. The number of nitrogens with zero attached hydrogens (tertiary/aromatic N) is 3. The fraction of sp³-hybridized carbons (Fsp3) is 0.333. The van der Waals surface area contributed by atoms with E-state index in [0.717, 1.165) is 6.42 Å². The van der Waals surface area contributed by atoms with Gasteiger partial charge in [0.1, 0.15) is 0 Å². The Morgan fingerprint density at radius 1 is 1.00 bits per heavy atom. The number of carbonyl (C=O) groups excluding carboxylic acids is 2. The molecular weight excluding hydrogens is 340 g/mol. The van der Waals surface area contributed by atoms with Gasteiger partial charge in [-0.3, -0.25) is 4.79 Å². The largest absolute Gasteiger partial charge is 0.356 e. The van der Waals surface area contributed by atoms with Gasteiger partial charge in [-0.2, -0.15) is 0 Å². The molecular formula is C18H21ClN4O2. The molecule has 25 heavy (non-hydrogen) atoms. The van der Waals surface area contributed by atoms with E-state index in [-0.39, 0.29) is 11.9 Å². The molecule has 2 aromatic rings. The molecule has 132 valence electrons. The Balaban J connectivity index is 1.58. The van der Waals surface area contributed by atoms with E-state index in [9.17, 15) is 9.59 Å². The zero-order valence-electron chi connectivity index (χ0n) is 14.1. The molecule has 0 atom stereocenters. The van der Waals surface area contributed by atoms with Gasteiger partial charge in [-0.1, -0.05) is 11.6 Å². The summed E-state index contributed by atoms with van der Waals surface area (Å²) in [5.41, 5.74) is 1.39. The zero-order chi connectivity index (χ0) is 17.8. The molecule has 1 N–H and O–H groups in total. The predicted molar refractivity (Wildman–Crippen MR) is 98.0 cm³/mol. The van der Waals surface area contributed by atoms with Crippen molar-refractivity contribution in [1.82, 2.24) is 14.4 Å². The molecule has 1 aliphatic rings. The molecule has 0 unspecified atom stereocenters. The minimum Gasteiger partial charge on any atom is -0.356 e. The lowest BCUT2D eigenvalue weighted by atomic mass is 10.3. The number of nitrogens with one attached hydrogen (secondary N) is 1. The van der Waals surface area contributed by atoms with Crippen LogP contribution in [0.3, 0.4) is 0 Å². The van der Waals surface area contributed by atoms with Crippen molar-refractivity contribution >= 4 is 29.2 Å². The zero-order valence-corrected chi connectivity index (χ0v) is 14.9. The highest BCUT2D eigenvalue weighted by atomic mass is 35.5. The third-order valence-corrected chi connectivity index (χ3v) is 4.50. The number of halogens is 1. The number of hydrogen-bond acceptors (Lipinski definition) is 2. The van der Waals surface area contributed by atoms with Gasteiger partial charge >= 0.3 is 6.03 Å². The fourth-order valence-electron chi connectivity index (χ4n) is 2.87. The second kappa shape index (κ2) is 7.61. The molecule has 7 heteroatoms. The highest BCUT2D eigenvalue weighted by molar-refractivity contribution is 6.30. The first-order valence-corrected chi connectivity index (χ1v) is 8.63. The van der Waals surface area contributed by atoms with Crippen LogP contribution in [0.25, 0.3) is 0 Å². The lowest BCUT2D eigenvalue weighted by Gasteiger charge is -2.22. The molecule has 1 aromatic carbocycles. The van der Waals surface area contributed by atoms with Crippen molar-refractivity contribution in [3.63, 3.8) is 0 Å². The SMILES string of the molecule is Cn1ccc(C(=O)N2CCCN(C(=O)Nc3ccc(Cl)cc3)CC2)c1. The molecule has 0 spiro atoms. The Morgan fingerprint density at radius 3 is 2.36 bits per heavy atom. The van der Waals surface area contributed by atoms with Gasteiger partial charge in [0.15, 0.2) is 0 Å². The summed E-state index contributed by atoms with van der Waals surface area (Å²) >= 11 is 5.85. The van der Waals surface area contributed by atoms with E-state index in [1.807, 2.05) is 35.0 Å². The van der Waals surface area contributed by atoms with E-state index in [1.54, 1.807) is 29.2 Å². The van der Waals surface area contributed by atoms with Crippen LogP contribution >= 0.6 is 11.6 Å². The maximum atomic E-state index is 12.5. The number of aryl methyl sites for hydroxylation is 1. The van der Waals surface area contributed by atoms with Gasteiger partial charge in [-0.25, -0.2) is 4.79 Å². The summed E-state index contributed by atoms with van der Waals surface area (Å²) in [7, 11) is 1.89. The van der Waals surface area contributed by atoms with Crippen LogP contribution in [-0.2, 0) is 7.05 Å². The summed E-state index contributed by atoms with van der Waals surface area (Å²) in [4.78, 5) is 28.5. The molecule has 3 rings (SSSR count). The topological polar surface area (TPSA) is 57.6 Å². The lowest BCUT2D eigenvalue weighted by Crippen LogP contribution is -2.39. The Labute approximate surface area is 152 Å². The number of hydrogen-bond donors (Lipinski definition) is 1. The first kappa shape index (κ1) is 17.4. The fourth-order valence-corrected chi connectivity index (χ4v) is 3.00. The van der Waals surface area contributed by atoms with Crippen LogP contribution in [0.1, 0.15) is 16.8 Å². The number of aromatic nitrogens is 1. The number of benzene rings is 1. The third-order valence-electron chi connectivity index (χ3n) is 4.24. The normalized spacial score (nSPS) is 15.0. The van der Waals surface area contributed by atoms with E-state index in [0.29, 0.717) is 42.5 Å². The molecule has 3 amide bonds. The third kappa shape index (κ3) is 4.33. The molecule has 0 saturated carbocycles. The number of amides is 3. The van der Waals surface area contributed by atoms with Crippen molar-refractivity contribution in [2.24, 2.45) is 7.05 Å². The lowest BCUT2D eigenvalue weighted by molar-refractivity contribution is 0.0762. The van der Waals surface area contributed by atoms with Crippen molar-refractivity contribution in [1.29, 1.82) is 0 Å². The minimum atomic E-state index is -0.156. The van der Waals surface area contributed by atoms with Crippen LogP contribution in [0.15, 0.2) is 42.7 Å². The van der Waals surface area contributed by atoms with Gasteiger partial charge < -0.3 is 19.7 Å². The van der Waals surface area contributed by atoms with Crippen LogP contribution in [0.2, 0.25) is 5.02 Å². The maximum absolute atomic E-state index is 12.5. The van der Waals surface area contributed by atoms with Gasteiger partial charge in [-0.15, -0.1) is 0 Å². The molecule has 1 saturated heterocycles. The second-order valence-electron chi connectivity index (χ2n) is 6.14. The Kier molecular flexibility index (Phi) is 5.28. The molecule has 1 fully saturated rings. The van der Waals surface area contributed by atoms with Crippen LogP contribution in [0.4, 0.5) is 10.5 Å². The van der Waals surface area contributed by atoms with E-state index < -0.39 is 0 Å². The van der Waals surface area contributed by atoms with Crippen LogP contribution in [0, 0.1) is 0 Å². The highest BCUT2D eigenvalue weighted by Gasteiger charge is 2.23. The first-order chi connectivity index (χ1) is 12.0. The molecule has 1 aliphatic heterocycles. The Hall–Kier alpha value is -2.47. The quantitative estimate of drug-likeness (QED) is 0.894. The summed E-state index contributed by atoms with van der Waals surface area (Å²) in [5.74, 6) is 0.0144. The summed E-state index contributed by atoms with van der Waals surface area (Å²) in [6.45, 7) is 2.32. The average molecular weight is 361 g/mol. The summed E-state index contributed by atoms with van der Waals surface area (Å²) in [6.07, 6.45) is 4.43. The maximum Gasteiger partial charge on any atom is 0.321 e. The van der Waals surface area contributed by atoms with Crippen molar-refractivity contribution in [3.8, 4) is 0 Å². The van der Waals surface area contributed by atoms with Crippen LogP contribution in [0.5, 0.6) is 0 Å². The average Bonchev–Trinajstić information content (AvgIpc) is 2.89. The smallest absolute Gasteiger partial charge is 0.321 e. The minimum absolute atomic E-state index is 0.0144.